The van der Waals surface area contributed by atoms with Crippen molar-refractivity contribution >= 4 is 5.91 Å². The molecule has 0 bridgehead atoms. The van der Waals surface area contributed by atoms with Gasteiger partial charge in [0.15, 0.2) is 23.1 Å². The maximum atomic E-state index is 13.4. The average molecular weight is 363 g/mol. The molecule has 0 unspecified atom stereocenters. The van der Waals surface area contributed by atoms with E-state index in [4.69, 9.17) is 9.47 Å². The number of halogens is 2. The summed E-state index contributed by atoms with van der Waals surface area (Å²) in [6.45, 7) is 4.35. The lowest BCUT2D eigenvalue weighted by Crippen LogP contribution is -2.26. The zero-order chi connectivity index (χ0) is 19.1. The highest BCUT2D eigenvalue weighted by molar-refractivity contribution is 5.95. The lowest BCUT2D eigenvalue weighted by molar-refractivity contribution is 0.0939. The molecule has 0 aliphatic rings. The van der Waals surface area contributed by atoms with Crippen molar-refractivity contribution in [2.75, 3.05) is 13.7 Å². The SMILES string of the molecule is CCCCOc1ccc(C(=O)N[C@@H](C)c2ccc(F)c(F)c2)cc1OC. The molecule has 2 rings (SSSR count). The van der Waals surface area contributed by atoms with Gasteiger partial charge in [0.2, 0.25) is 0 Å². The van der Waals surface area contributed by atoms with E-state index in [2.05, 4.69) is 12.2 Å². The first-order valence-electron chi connectivity index (χ1n) is 8.53. The Morgan fingerprint density at radius 1 is 1.12 bits per heavy atom. The van der Waals surface area contributed by atoms with Gasteiger partial charge in [-0.1, -0.05) is 19.4 Å². The molecule has 2 aromatic rings. The molecule has 6 heteroatoms. The molecule has 1 N–H and O–H groups in total. The van der Waals surface area contributed by atoms with Gasteiger partial charge in [0.25, 0.3) is 5.91 Å². The maximum absolute atomic E-state index is 13.4. The summed E-state index contributed by atoms with van der Waals surface area (Å²) < 4.78 is 37.3. The van der Waals surface area contributed by atoms with Gasteiger partial charge in [0, 0.05) is 5.56 Å². The Morgan fingerprint density at radius 2 is 1.88 bits per heavy atom. The summed E-state index contributed by atoms with van der Waals surface area (Å²) >= 11 is 0. The van der Waals surface area contributed by atoms with Crippen molar-refractivity contribution in [2.45, 2.75) is 32.7 Å². The second-order valence-electron chi connectivity index (χ2n) is 5.94. The molecule has 4 nitrogen and oxygen atoms in total. The molecule has 1 amide bonds. The number of carbonyl (C=O) groups is 1. The first-order valence-corrected chi connectivity index (χ1v) is 8.53. The fourth-order valence-electron chi connectivity index (χ4n) is 2.40. The molecular formula is C20H23F2NO3. The van der Waals surface area contributed by atoms with Crippen molar-refractivity contribution in [1.82, 2.24) is 5.32 Å². The number of unbranched alkanes of at least 4 members (excludes halogenated alkanes) is 1. The van der Waals surface area contributed by atoms with Crippen LogP contribution in [0.15, 0.2) is 36.4 Å². The zero-order valence-corrected chi connectivity index (χ0v) is 15.1. The van der Waals surface area contributed by atoms with Crippen LogP contribution in [0.3, 0.4) is 0 Å². The smallest absolute Gasteiger partial charge is 0.251 e. The summed E-state index contributed by atoms with van der Waals surface area (Å²) in [6.07, 6.45) is 1.95. The molecule has 2 aromatic carbocycles. The molecule has 1 atom stereocenters. The number of hydrogen-bond donors (Lipinski definition) is 1. The first kappa shape index (κ1) is 19.7. The molecular weight excluding hydrogens is 340 g/mol. The molecule has 140 valence electrons. The summed E-state index contributed by atoms with van der Waals surface area (Å²) in [5.74, 6) is -1.17. The number of amides is 1. The van der Waals surface area contributed by atoms with Gasteiger partial charge in [-0.3, -0.25) is 4.79 Å². The van der Waals surface area contributed by atoms with E-state index in [1.165, 1.54) is 13.2 Å². The number of rotatable bonds is 8. The van der Waals surface area contributed by atoms with E-state index in [9.17, 15) is 13.6 Å². The summed E-state index contributed by atoms with van der Waals surface area (Å²) in [5, 5.41) is 2.76. The van der Waals surface area contributed by atoms with Gasteiger partial charge < -0.3 is 14.8 Å². The second-order valence-corrected chi connectivity index (χ2v) is 5.94. The Kier molecular flexibility index (Phi) is 6.95. The third kappa shape index (κ3) is 4.94. The van der Waals surface area contributed by atoms with Crippen molar-refractivity contribution in [1.29, 1.82) is 0 Å². The van der Waals surface area contributed by atoms with Crippen LogP contribution in [0, 0.1) is 11.6 Å². The number of carbonyl (C=O) groups excluding carboxylic acids is 1. The number of methoxy groups -OCH3 is 1. The minimum Gasteiger partial charge on any atom is -0.493 e. The normalized spacial score (nSPS) is 11.7. The van der Waals surface area contributed by atoms with Crippen LogP contribution in [0.1, 0.15) is 48.7 Å². The lowest BCUT2D eigenvalue weighted by atomic mass is 10.1. The highest BCUT2D eigenvalue weighted by atomic mass is 19.2. The van der Waals surface area contributed by atoms with Gasteiger partial charge in [0.05, 0.1) is 19.8 Å². The molecule has 0 heterocycles. The van der Waals surface area contributed by atoms with Crippen LogP contribution >= 0.6 is 0 Å². The van der Waals surface area contributed by atoms with Crippen LogP contribution in [-0.4, -0.2) is 19.6 Å². The third-order valence-corrected chi connectivity index (χ3v) is 3.97. The monoisotopic (exact) mass is 363 g/mol. The highest BCUT2D eigenvalue weighted by Crippen LogP contribution is 2.28. The van der Waals surface area contributed by atoms with E-state index < -0.39 is 17.7 Å². The molecule has 0 aromatic heterocycles. The molecule has 0 aliphatic heterocycles. The van der Waals surface area contributed by atoms with Crippen molar-refractivity contribution < 1.29 is 23.0 Å². The number of benzene rings is 2. The van der Waals surface area contributed by atoms with Crippen molar-refractivity contribution in [3.63, 3.8) is 0 Å². The predicted molar refractivity (Wildman–Crippen MR) is 95.6 cm³/mol. The van der Waals surface area contributed by atoms with Crippen molar-refractivity contribution in [2.24, 2.45) is 0 Å². The van der Waals surface area contributed by atoms with Gasteiger partial charge in [-0.15, -0.1) is 0 Å². The van der Waals surface area contributed by atoms with Gasteiger partial charge >= 0.3 is 0 Å². The van der Waals surface area contributed by atoms with Crippen molar-refractivity contribution in [3.05, 3.63) is 59.2 Å². The Bertz CT molecular complexity index is 765. The van der Waals surface area contributed by atoms with Gasteiger partial charge in [0.1, 0.15) is 0 Å². The van der Waals surface area contributed by atoms with Crippen LogP contribution < -0.4 is 14.8 Å². The quantitative estimate of drug-likeness (QED) is 0.695. The van der Waals surface area contributed by atoms with E-state index in [0.717, 1.165) is 25.0 Å². The van der Waals surface area contributed by atoms with Crippen LogP contribution in [0.4, 0.5) is 8.78 Å². The van der Waals surface area contributed by atoms with Crippen LogP contribution in [0.25, 0.3) is 0 Å². The van der Waals surface area contributed by atoms with Gasteiger partial charge in [-0.05, 0) is 49.2 Å². The van der Waals surface area contributed by atoms with E-state index in [-0.39, 0.29) is 5.91 Å². The second kappa shape index (κ2) is 9.17. The molecule has 0 spiro atoms. The van der Waals surface area contributed by atoms with Crippen LogP contribution in [0.5, 0.6) is 11.5 Å². The van der Waals surface area contributed by atoms with E-state index in [1.807, 2.05) is 0 Å². The summed E-state index contributed by atoms with van der Waals surface area (Å²) in [7, 11) is 1.51. The van der Waals surface area contributed by atoms with Crippen LogP contribution in [0.2, 0.25) is 0 Å². The summed E-state index contributed by atoms with van der Waals surface area (Å²) in [4.78, 5) is 12.4. The van der Waals surface area contributed by atoms with Gasteiger partial charge in [-0.2, -0.15) is 0 Å². The lowest BCUT2D eigenvalue weighted by Gasteiger charge is -2.16. The molecule has 0 radical (unpaired) electrons. The van der Waals surface area contributed by atoms with Crippen molar-refractivity contribution in [3.8, 4) is 11.5 Å². The standard InChI is InChI=1S/C20H23F2NO3/c1-4-5-10-26-18-9-7-15(12-19(18)25-3)20(24)23-13(2)14-6-8-16(21)17(22)11-14/h6-9,11-13H,4-5,10H2,1-3H3,(H,23,24)/t13-/m0/s1. The number of hydrogen-bond acceptors (Lipinski definition) is 3. The average Bonchev–Trinajstić information content (AvgIpc) is 2.64. The van der Waals surface area contributed by atoms with Gasteiger partial charge in [-0.25, -0.2) is 8.78 Å². The molecule has 26 heavy (non-hydrogen) atoms. The molecule has 0 saturated heterocycles. The fourth-order valence-corrected chi connectivity index (χ4v) is 2.40. The minimum absolute atomic E-state index is 0.347. The molecule has 0 fully saturated rings. The Balaban J connectivity index is 2.09. The third-order valence-electron chi connectivity index (χ3n) is 3.97. The Hall–Kier alpha value is -2.63. The van der Waals surface area contributed by atoms with E-state index in [0.29, 0.717) is 29.2 Å². The van der Waals surface area contributed by atoms with Crippen LogP contribution in [-0.2, 0) is 0 Å². The molecule has 0 saturated carbocycles. The van der Waals surface area contributed by atoms with E-state index in [1.54, 1.807) is 25.1 Å². The summed E-state index contributed by atoms with van der Waals surface area (Å²) in [6, 6.07) is 7.99. The Labute approximate surface area is 152 Å². The number of nitrogens with one attached hydrogen (secondary N) is 1. The van der Waals surface area contributed by atoms with E-state index >= 15 is 0 Å². The Morgan fingerprint density at radius 3 is 2.54 bits per heavy atom. The molecule has 0 aliphatic carbocycles. The highest BCUT2D eigenvalue weighted by Gasteiger charge is 2.15. The fraction of sp³-hybridized carbons (Fsp3) is 0.350. The largest absolute Gasteiger partial charge is 0.493 e. The minimum atomic E-state index is -0.946. The maximum Gasteiger partial charge on any atom is 0.251 e. The zero-order valence-electron chi connectivity index (χ0n) is 15.1. The summed E-state index contributed by atoms with van der Waals surface area (Å²) in [5.41, 5.74) is 0.864. The predicted octanol–water partition coefficient (Wildman–Crippen LogP) is 4.64. The topological polar surface area (TPSA) is 47.6 Å². The number of ether oxygens (including phenoxy) is 2. The first-order chi connectivity index (χ1) is 12.5.